The van der Waals surface area contributed by atoms with Crippen molar-refractivity contribution >= 4 is 65.4 Å². The average Bonchev–Trinajstić information content (AvgIpc) is 3.80. The number of para-hydroxylation sites is 4. The third-order valence-corrected chi connectivity index (χ3v) is 9.88. The minimum absolute atomic E-state index is 0.598. The highest BCUT2D eigenvalue weighted by Gasteiger charge is 2.25. The van der Waals surface area contributed by atoms with Crippen LogP contribution in [0.3, 0.4) is 0 Å². The number of fused-ring (bicyclic) bond motifs is 11. The van der Waals surface area contributed by atoms with E-state index < -0.39 is 0 Å². The Kier molecular flexibility index (Phi) is 5.64. The SMILES string of the molecule is N#Cc1ccc2c3c(ccc4c5ccc6c(c7ccccc7n6-c6ccccc6)c5n(-c5ccccc5C#N)c43)n(-c3ccccc3)c2c1. The monoisotopic (exact) mass is 623 g/mol. The lowest BCUT2D eigenvalue weighted by molar-refractivity contribution is 1.17. The summed E-state index contributed by atoms with van der Waals surface area (Å²) in [5.41, 5.74) is 10.4. The van der Waals surface area contributed by atoms with E-state index in [1.54, 1.807) is 0 Å². The Bertz CT molecular complexity index is 3050. The molecule has 0 N–H and O–H groups in total. The second-order valence-electron chi connectivity index (χ2n) is 12.4. The molecule has 0 saturated heterocycles. The Morgan fingerprint density at radius 1 is 0.388 bits per heavy atom. The standard InChI is InChI=1S/C44H25N5/c45-26-28-19-20-35-40(25-28)48(31-14-5-2-6-15-31)39-24-22-33-32-21-23-38-41(34-16-8-10-18-37(34)47(38)30-12-3-1-4-13-30)43(32)49(44(33)42(35)39)36-17-9-7-11-29(36)27-46/h1-25H. The number of nitrogens with zero attached hydrogens (tertiary/aromatic N) is 5. The summed E-state index contributed by atoms with van der Waals surface area (Å²) in [7, 11) is 0. The molecule has 7 aromatic carbocycles. The van der Waals surface area contributed by atoms with Crippen molar-refractivity contribution in [3.05, 3.63) is 163 Å². The van der Waals surface area contributed by atoms with Crippen molar-refractivity contribution in [3.8, 4) is 29.2 Å². The average molecular weight is 624 g/mol. The van der Waals surface area contributed by atoms with Gasteiger partial charge in [0, 0.05) is 43.7 Å². The summed E-state index contributed by atoms with van der Waals surface area (Å²) >= 11 is 0. The van der Waals surface area contributed by atoms with Gasteiger partial charge >= 0.3 is 0 Å². The molecular weight excluding hydrogens is 599 g/mol. The number of aromatic nitrogens is 3. The van der Waals surface area contributed by atoms with Crippen LogP contribution in [-0.4, -0.2) is 13.7 Å². The molecule has 0 aliphatic heterocycles. The van der Waals surface area contributed by atoms with Gasteiger partial charge in [0.25, 0.3) is 0 Å². The van der Waals surface area contributed by atoms with E-state index in [9.17, 15) is 10.5 Å². The lowest BCUT2D eigenvalue weighted by atomic mass is 10.1. The molecule has 5 heteroatoms. The van der Waals surface area contributed by atoms with Gasteiger partial charge in [0.05, 0.1) is 56.0 Å². The van der Waals surface area contributed by atoms with Crippen LogP contribution in [0.1, 0.15) is 11.1 Å². The van der Waals surface area contributed by atoms with Crippen LogP contribution < -0.4 is 0 Å². The maximum absolute atomic E-state index is 10.5. The molecule has 3 heterocycles. The molecule has 0 aliphatic rings. The molecule has 49 heavy (non-hydrogen) atoms. The normalized spacial score (nSPS) is 11.6. The maximum Gasteiger partial charge on any atom is 0.101 e. The second kappa shape index (κ2) is 10.2. The summed E-state index contributed by atoms with van der Waals surface area (Å²) in [5, 5.41) is 27.0. The third kappa shape index (κ3) is 3.67. The quantitative estimate of drug-likeness (QED) is 0.197. The van der Waals surface area contributed by atoms with Gasteiger partial charge in [-0.1, -0.05) is 84.9 Å². The van der Waals surface area contributed by atoms with Crippen LogP contribution in [-0.2, 0) is 0 Å². The molecule has 0 spiro atoms. The zero-order valence-corrected chi connectivity index (χ0v) is 26.2. The third-order valence-electron chi connectivity index (χ3n) is 9.88. The Balaban J connectivity index is 1.50. The summed E-state index contributed by atoms with van der Waals surface area (Å²) in [5.74, 6) is 0. The molecule has 0 unspecified atom stereocenters. The highest BCUT2D eigenvalue weighted by Crippen LogP contribution is 2.46. The highest BCUT2D eigenvalue weighted by atomic mass is 15.0. The lowest BCUT2D eigenvalue weighted by Gasteiger charge is -2.12. The molecular formula is C44H25N5. The molecule has 5 nitrogen and oxygen atoms in total. The Morgan fingerprint density at radius 2 is 0.918 bits per heavy atom. The summed E-state index contributed by atoms with van der Waals surface area (Å²) in [6.07, 6.45) is 0. The number of benzene rings is 7. The predicted octanol–water partition coefficient (Wildman–Crippen LogP) is 10.7. The Labute approximate surface area is 280 Å². The predicted molar refractivity (Wildman–Crippen MR) is 199 cm³/mol. The zero-order chi connectivity index (χ0) is 32.6. The minimum Gasteiger partial charge on any atom is -0.309 e. The van der Waals surface area contributed by atoms with E-state index in [2.05, 4.69) is 123 Å². The molecule has 0 fully saturated rings. The molecule has 0 aliphatic carbocycles. The van der Waals surface area contributed by atoms with E-state index in [1.165, 1.54) is 0 Å². The fourth-order valence-corrected chi connectivity index (χ4v) is 7.93. The van der Waals surface area contributed by atoms with Crippen molar-refractivity contribution in [2.24, 2.45) is 0 Å². The summed E-state index contributed by atoms with van der Waals surface area (Å²) in [6, 6.07) is 56.9. The van der Waals surface area contributed by atoms with Crippen molar-refractivity contribution in [2.75, 3.05) is 0 Å². The minimum atomic E-state index is 0.598. The van der Waals surface area contributed by atoms with Crippen molar-refractivity contribution in [1.29, 1.82) is 10.5 Å². The summed E-state index contributed by atoms with van der Waals surface area (Å²) < 4.78 is 6.91. The van der Waals surface area contributed by atoms with Gasteiger partial charge in [0.1, 0.15) is 6.07 Å². The molecule has 0 radical (unpaired) electrons. The van der Waals surface area contributed by atoms with Crippen LogP contribution in [0.25, 0.3) is 82.5 Å². The molecule has 226 valence electrons. The van der Waals surface area contributed by atoms with Crippen molar-refractivity contribution < 1.29 is 0 Å². The van der Waals surface area contributed by atoms with Gasteiger partial charge < -0.3 is 13.7 Å². The number of hydrogen-bond acceptors (Lipinski definition) is 2. The molecule has 0 bridgehead atoms. The van der Waals surface area contributed by atoms with Gasteiger partial charge in [-0.15, -0.1) is 0 Å². The summed E-state index contributed by atoms with van der Waals surface area (Å²) in [4.78, 5) is 0. The first kappa shape index (κ1) is 27.1. The summed E-state index contributed by atoms with van der Waals surface area (Å²) in [6.45, 7) is 0. The van der Waals surface area contributed by atoms with Gasteiger partial charge in [-0.25, -0.2) is 0 Å². The molecule has 10 rings (SSSR count). The Hall–Kier alpha value is -7.08. The van der Waals surface area contributed by atoms with Crippen LogP contribution in [0.15, 0.2) is 152 Å². The maximum atomic E-state index is 10.5. The fourth-order valence-electron chi connectivity index (χ4n) is 7.93. The molecule has 0 atom stereocenters. The van der Waals surface area contributed by atoms with E-state index in [4.69, 9.17) is 0 Å². The van der Waals surface area contributed by atoms with E-state index >= 15 is 0 Å². The number of rotatable bonds is 3. The van der Waals surface area contributed by atoms with Crippen molar-refractivity contribution in [3.63, 3.8) is 0 Å². The van der Waals surface area contributed by atoms with Crippen LogP contribution in [0.2, 0.25) is 0 Å². The van der Waals surface area contributed by atoms with Gasteiger partial charge in [-0.2, -0.15) is 10.5 Å². The first-order valence-corrected chi connectivity index (χ1v) is 16.2. The lowest BCUT2D eigenvalue weighted by Crippen LogP contribution is -1.98. The zero-order valence-electron chi connectivity index (χ0n) is 26.2. The van der Waals surface area contributed by atoms with Crippen LogP contribution >= 0.6 is 0 Å². The van der Waals surface area contributed by atoms with Gasteiger partial charge in [-0.05, 0) is 66.7 Å². The molecule has 10 aromatic rings. The largest absolute Gasteiger partial charge is 0.309 e. The van der Waals surface area contributed by atoms with Crippen molar-refractivity contribution in [2.45, 2.75) is 0 Å². The van der Waals surface area contributed by atoms with Gasteiger partial charge in [-0.3, -0.25) is 0 Å². The topological polar surface area (TPSA) is 62.4 Å². The van der Waals surface area contributed by atoms with Gasteiger partial charge in [0.15, 0.2) is 0 Å². The van der Waals surface area contributed by atoms with E-state index in [0.29, 0.717) is 11.1 Å². The first-order valence-electron chi connectivity index (χ1n) is 16.2. The number of hydrogen-bond donors (Lipinski definition) is 0. The smallest absolute Gasteiger partial charge is 0.101 e. The van der Waals surface area contributed by atoms with Crippen molar-refractivity contribution in [1.82, 2.24) is 13.7 Å². The second-order valence-corrected chi connectivity index (χ2v) is 12.4. The van der Waals surface area contributed by atoms with Crippen LogP contribution in [0, 0.1) is 22.7 Å². The molecule has 0 saturated carbocycles. The van der Waals surface area contributed by atoms with E-state index in [-0.39, 0.29) is 0 Å². The highest BCUT2D eigenvalue weighted by molar-refractivity contribution is 6.31. The van der Waals surface area contributed by atoms with Crippen LogP contribution in [0.4, 0.5) is 0 Å². The first-order chi connectivity index (χ1) is 24.3. The number of nitriles is 2. The fraction of sp³-hybridized carbons (Fsp3) is 0. The molecule has 0 amide bonds. The van der Waals surface area contributed by atoms with E-state index in [0.717, 1.165) is 82.5 Å². The van der Waals surface area contributed by atoms with Gasteiger partial charge in [0.2, 0.25) is 0 Å². The molecule has 3 aromatic heterocycles. The Morgan fingerprint density at radius 3 is 1.55 bits per heavy atom. The van der Waals surface area contributed by atoms with Crippen LogP contribution in [0.5, 0.6) is 0 Å². The van der Waals surface area contributed by atoms with E-state index in [1.807, 2.05) is 54.6 Å².